The summed E-state index contributed by atoms with van der Waals surface area (Å²) in [6.07, 6.45) is -0.301. The molecule has 0 spiro atoms. The molecule has 1 N–H and O–H groups in total. The molecule has 0 fully saturated rings. The number of halogens is 1. The number of carbonyl (C=O) groups is 1. The minimum absolute atomic E-state index is 0.301. The largest absolute Gasteiger partial charge is 0.444 e. The number of hydrogen-bond donors (Lipinski definition) is 1. The molecule has 0 saturated carbocycles. The maximum Gasteiger partial charge on any atom is 0.410 e. The molecule has 22 heavy (non-hydrogen) atoms. The quantitative estimate of drug-likeness (QED) is 0.687. The summed E-state index contributed by atoms with van der Waals surface area (Å²) in [4.78, 5) is 15.1. The summed E-state index contributed by atoms with van der Waals surface area (Å²) in [6.45, 7) is 8.71. The summed E-state index contributed by atoms with van der Waals surface area (Å²) in [5.74, 6) is 0. The third-order valence-corrected chi connectivity index (χ3v) is 4.39. The van der Waals surface area contributed by atoms with Gasteiger partial charge in [-0.1, -0.05) is 0 Å². The Hall–Kier alpha value is -0.630. The van der Waals surface area contributed by atoms with Gasteiger partial charge in [-0.25, -0.2) is 4.79 Å². The molecule has 0 aliphatic rings. The number of ether oxygens (including phenoxy) is 2. The number of nitrogens with one attached hydrogen (secondary N) is 1. The molecule has 1 amide bonds. The first-order valence-corrected chi connectivity index (χ1v) is 8.89. The summed E-state index contributed by atoms with van der Waals surface area (Å²) in [5.41, 5.74) is -0.487. The van der Waals surface area contributed by atoms with Crippen molar-refractivity contribution in [2.45, 2.75) is 32.9 Å². The van der Waals surface area contributed by atoms with Crippen molar-refractivity contribution in [2.75, 3.05) is 33.4 Å². The number of carbonyl (C=O) groups excluding carboxylic acids is 1. The van der Waals surface area contributed by atoms with Gasteiger partial charge < -0.3 is 19.7 Å². The molecule has 0 atom stereocenters. The average molecular weight is 393 g/mol. The minimum atomic E-state index is -0.487. The van der Waals surface area contributed by atoms with Gasteiger partial charge in [0, 0.05) is 48.0 Å². The number of nitrogens with zero attached hydrogens (tertiary/aromatic N) is 1. The molecule has 1 rings (SSSR count). The lowest BCUT2D eigenvalue weighted by atomic mass is 10.2. The molecule has 1 aromatic rings. The zero-order valence-corrected chi connectivity index (χ0v) is 16.1. The highest BCUT2D eigenvalue weighted by atomic mass is 79.9. The van der Waals surface area contributed by atoms with Gasteiger partial charge in [-0.15, -0.1) is 11.3 Å². The fraction of sp³-hybridized carbons (Fsp3) is 0.667. The Balaban J connectivity index is 2.38. The van der Waals surface area contributed by atoms with E-state index in [2.05, 4.69) is 32.7 Å². The summed E-state index contributed by atoms with van der Waals surface area (Å²) in [5, 5.41) is 5.40. The predicted molar refractivity (Wildman–Crippen MR) is 93.4 cm³/mol. The second-order valence-electron chi connectivity index (χ2n) is 5.87. The number of thiophene rings is 1. The standard InChI is InChI=1S/C15H25BrN2O3S/c1-15(2,3)21-14(19)18(7-8-20-4)6-5-17-10-13-9-12(16)11-22-13/h9,11,17H,5-8,10H2,1-4H3. The SMILES string of the molecule is COCCN(CCNCc1cc(Br)cs1)C(=O)OC(C)(C)C. The first-order chi connectivity index (χ1) is 10.3. The van der Waals surface area contributed by atoms with Gasteiger partial charge in [0.2, 0.25) is 0 Å². The van der Waals surface area contributed by atoms with E-state index in [9.17, 15) is 4.79 Å². The van der Waals surface area contributed by atoms with E-state index >= 15 is 0 Å². The molecule has 0 radical (unpaired) electrons. The molecule has 1 aromatic heterocycles. The third-order valence-electron chi connectivity index (χ3n) is 2.70. The second-order valence-corrected chi connectivity index (χ2v) is 7.78. The minimum Gasteiger partial charge on any atom is -0.444 e. The van der Waals surface area contributed by atoms with Crippen molar-refractivity contribution in [1.82, 2.24) is 10.2 Å². The van der Waals surface area contributed by atoms with E-state index < -0.39 is 5.60 Å². The van der Waals surface area contributed by atoms with E-state index in [0.29, 0.717) is 26.2 Å². The van der Waals surface area contributed by atoms with Crippen molar-refractivity contribution in [2.24, 2.45) is 0 Å². The smallest absolute Gasteiger partial charge is 0.410 e. The maximum atomic E-state index is 12.1. The lowest BCUT2D eigenvalue weighted by Crippen LogP contribution is -2.42. The summed E-state index contributed by atoms with van der Waals surface area (Å²) >= 11 is 5.14. The van der Waals surface area contributed by atoms with Crippen LogP contribution in [0.15, 0.2) is 15.9 Å². The van der Waals surface area contributed by atoms with Crippen molar-refractivity contribution in [3.8, 4) is 0 Å². The van der Waals surface area contributed by atoms with E-state index in [4.69, 9.17) is 9.47 Å². The van der Waals surface area contributed by atoms with Crippen molar-refractivity contribution >= 4 is 33.4 Å². The molecule has 0 saturated heterocycles. The van der Waals surface area contributed by atoms with Gasteiger partial charge in [0.05, 0.1) is 6.61 Å². The Kier molecular flexibility index (Phi) is 8.38. The Morgan fingerprint density at radius 1 is 1.41 bits per heavy atom. The Bertz CT molecular complexity index is 460. The van der Waals surface area contributed by atoms with Crippen molar-refractivity contribution in [3.63, 3.8) is 0 Å². The molecule has 1 heterocycles. The molecular weight excluding hydrogens is 368 g/mol. The average Bonchev–Trinajstić information content (AvgIpc) is 2.81. The first kappa shape index (κ1) is 19.4. The topological polar surface area (TPSA) is 50.8 Å². The fourth-order valence-corrected chi connectivity index (χ4v) is 3.12. The molecule has 126 valence electrons. The summed E-state index contributed by atoms with van der Waals surface area (Å²) < 4.78 is 11.6. The number of amides is 1. The van der Waals surface area contributed by atoms with Crippen LogP contribution in [0.1, 0.15) is 25.6 Å². The summed E-state index contributed by atoms with van der Waals surface area (Å²) in [6, 6.07) is 2.09. The fourth-order valence-electron chi connectivity index (χ4n) is 1.69. The highest BCUT2D eigenvalue weighted by molar-refractivity contribution is 9.10. The van der Waals surface area contributed by atoms with E-state index in [0.717, 1.165) is 11.0 Å². The predicted octanol–water partition coefficient (Wildman–Crippen LogP) is 3.48. The van der Waals surface area contributed by atoms with E-state index in [1.807, 2.05) is 20.8 Å². The zero-order chi connectivity index (χ0) is 16.6. The van der Waals surface area contributed by atoms with Gasteiger partial charge in [-0.2, -0.15) is 0 Å². The lowest BCUT2D eigenvalue weighted by Gasteiger charge is -2.27. The first-order valence-electron chi connectivity index (χ1n) is 7.22. The zero-order valence-electron chi connectivity index (χ0n) is 13.6. The van der Waals surface area contributed by atoms with Gasteiger partial charge in [0.15, 0.2) is 0 Å². The summed E-state index contributed by atoms with van der Waals surface area (Å²) in [7, 11) is 1.63. The van der Waals surface area contributed by atoms with Crippen LogP contribution in [0.4, 0.5) is 4.79 Å². The van der Waals surface area contributed by atoms with Gasteiger partial charge >= 0.3 is 6.09 Å². The Morgan fingerprint density at radius 3 is 2.68 bits per heavy atom. The normalized spacial score (nSPS) is 11.5. The van der Waals surface area contributed by atoms with Gasteiger partial charge in [0.1, 0.15) is 5.60 Å². The van der Waals surface area contributed by atoms with E-state index in [1.165, 1.54) is 4.88 Å². The van der Waals surface area contributed by atoms with E-state index in [-0.39, 0.29) is 6.09 Å². The highest BCUT2D eigenvalue weighted by Gasteiger charge is 2.21. The molecule has 5 nitrogen and oxygen atoms in total. The van der Waals surface area contributed by atoms with Gasteiger partial charge in [-0.05, 0) is 42.8 Å². The van der Waals surface area contributed by atoms with Crippen LogP contribution in [0.25, 0.3) is 0 Å². The van der Waals surface area contributed by atoms with Crippen molar-refractivity contribution < 1.29 is 14.3 Å². The van der Waals surface area contributed by atoms with Crippen LogP contribution in [0.2, 0.25) is 0 Å². The molecule has 0 aromatic carbocycles. The van der Waals surface area contributed by atoms with Crippen LogP contribution in [0.5, 0.6) is 0 Å². The van der Waals surface area contributed by atoms with E-state index in [1.54, 1.807) is 23.3 Å². The molecule has 7 heteroatoms. The van der Waals surface area contributed by atoms with Crippen LogP contribution in [-0.2, 0) is 16.0 Å². The van der Waals surface area contributed by atoms with Crippen molar-refractivity contribution in [3.05, 3.63) is 20.8 Å². The van der Waals surface area contributed by atoms with Crippen LogP contribution >= 0.6 is 27.3 Å². The Labute approximate surface area is 145 Å². The monoisotopic (exact) mass is 392 g/mol. The molecule has 0 aliphatic carbocycles. The molecule has 0 aliphatic heterocycles. The molecule has 0 bridgehead atoms. The lowest BCUT2D eigenvalue weighted by molar-refractivity contribution is 0.0204. The van der Waals surface area contributed by atoms with Crippen LogP contribution in [0.3, 0.4) is 0 Å². The van der Waals surface area contributed by atoms with Crippen LogP contribution in [0, 0.1) is 0 Å². The van der Waals surface area contributed by atoms with Crippen molar-refractivity contribution in [1.29, 1.82) is 0 Å². The molecule has 0 unspecified atom stereocenters. The molecular formula is C15H25BrN2O3S. The van der Waals surface area contributed by atoms with Crippen LogP contribution < -0.4 is 5.32 Å². The number of hydrogen-bond acceptors (Lipinski definition) is 5. The second kappa shape index (κ2) is 9.50. The van der Waals surface area contributed by atoms with Gasteiger partial charge in [0.25, 0.3) is 0 Å². The number of methoxy groups -OCH3 is 1. The van der Waals surface area contributed by atoms with Gasteiger partial charge in [-0.3, -0.25) is 0 Å². The number of rotatable bonds is 8. The maximum absolute atomic E-state index is 12.1. The van der Waals surface area contributed by atoms with Crippen LogP contribution in [-0.4, -0.2) is 49.9 Å². The Morgan fingerprint density at radius 2 is 2.14 bits per heavy atom. The third kappa shape index (κ3) is 8.12. The highest BCUT2D eigenvalue weighted by Crippen LogP contribution is 2.19.